The molecular formula is C19H16ClN3O4S2. The van der Waals surface area contributed by atoms with E-state index >= 15 is 0 Å². The van der Waals surface area contributed by atoms with Crippen molar-refractivity contribution in [2.45, 2.75) is 11.4 Å². The number of carbonyl (C=O) groups is 1. The van der Waals surface area contributed by atoms with Crippen LogP contribution in [0.2, 0.25) is 5.02 Å². The summed E-state index contributed by atoms with van der Waals surface area (Å²) in [6.07, 6.45) is 1.47. The minimum Gasteiger partial charge on any atom is -0.468 e. The van der Waals surface area contributed by atoms with Crippen molar-refractivity contribution in [1.29, 1.82) is 0 Å². The number of anilines is 1. The van der Waals surface area contributed by atoms with Gasteiger partial charge in [0.25, 0.3) is 5.91 Å². The van der Waals surface area contributed by atoms with Crippen molar-refractivity contribution in [1.82, 2.24) is 10.0 Å². The molecular weight excluding hydrogens is 434 g/mol. The first-order chi connectivity index (χ1) is 13.8. The number of furan rings is 1. The number of sulfonamides is 1. The van der Waals surface area contributed by atoms with Crippen LogP contribution in [0.4, 0.5) is 5.69 Å². The van der Waals surface area contributed by atoms with Crippen LogP contribution in [0.5, 0.6) is 0 Å². The number of halogens is 1. The van der Waals surface area contributed by atoms with Gasteiger partial charge in [-0.05, 0) is 72.9 Å². The van der Waals surface area contributed by atoms with E-state index in [1.165, 1.54) is 18.4 Å². The summed E-state index contributed by atoms with van der Waals surface area (Å²) in [6, 6.07) is 15.7. The summed E-state index contributed by atoms with van der Waals surface area (Å²) in [5, 5.41) is 5.98. The van der Waals surface area contributed by atoms with Gasteiger partial charge in [0, 0.05) is 16.3 Å². The smallest absolute Gasteiger partial charge is 0.257 e. The quantitative estimate of drug-likeness (QED) is 0.498. The van der Waals surface area contributed by atoms with Gasteiger partial charge in [0.05, 0.1) is 17.7 Å². The fourth-order valence-electron chi connectivity index (χ4n) is 2.32. The first kappa shape index (κ1) is 21.0. The van der Waals surface area contributed by atoms with E-state index in [0.717, 1.165) is 0 Å². The van der Waals surface area contributed by atoms with Gasteiger partial charge in [-0.25, -0.2) is 13.1 Å². The largest absolute Gasteiger partial charge is 0.468 e. The summed E-state index contributed by atoms with van der Waals surface area (Å²) >= 11 is 10.9. The Kier molecular flexibility index (Phi) is 6.65. The standard InChI is InChI=1S/C19H16ClN3O4S2/c20-14-5-3-13(4-6-14)18(24)23-19(28)22-15-7-9-17(10-8-15)29(25,26)21-12-16-2-1-11-27-16/h1-11,21H,12H2,(H2,22,23,24,28). The number of hydrogen-bond donors (Lipinski definition) is 3. The van der Waals surface area contributed by atoms with Crippen molar-refractivity contribution in [2.24, 2.45) is 0 Å². The van der Waals surface area contributed by atoms with E-state index in [4.69, 9.17) is 28.2 Å². The van der Waals surface area contributed by atoms with E-state index in [1.807, 2.05) is 0 Å². The third kappa shape index (κ3) is 5.88. The Balaban J connectivity index is 1.57. The van der Waals surface area contributed by atoms with Gasteiger partial charge in [0.2, 0.25) is 10.0 Å². The molecule has 0 saturated carbocycles. The van der Waals surface area contributed by atoms with E-state index in [-0.39, 0.29) is 22.5 Å². The molecule has 0 aliphatic heterocycles. The Bertz CT molecular complexity index is 1100. The molecule has 0 radical (unpaired) electrons. The van der Waals surface area contributed by atoms with Crippen molar-refractivity contribution in [3.63, 3.8) is 0 Å². The normalized spacial score (nSPS) is 11.1. The zero-order valence-electron chi connectivity index (χ0n) is 14.9. The van der Waals surface area contributed by atoms with Crippen LogP contribution in [0.1, 0.15) is 16.1 Å². The van der Waals surface area contributed by atoms with E-state index in [2.05, 4.69) is 15.4 Å². The first-order valence-corrected chi connectivity index (χ1v) is 10.6. The second kappa shape index (κ2) is 9.19. The van der Waals surface area contributed by atoms with Crippen LogP contribution < -0.4 is 15.4 Å². The average molecular weight is 450 g/mol. The predicted molar refractivity (Wildman–Crippen MR) is 114 cm³/mol. The number of rotatable bonds is 6. The summed E-state index contributed by atoms with van der Waals surface area (Å²) in [5.74, 6) is 0.120. The molecule has 0 unspecified atom stereocenters. The van der Waals surface area contributed by atoms with Gasteiger partial charge in [0.15, 0.2) is 5.11 Å². The number of nitrogens with one attached hydrogen (secondary N) is 3. The molecule has 29 heavy (non-hydrogen) atoms. The summed E-state index contributed by atoms with van der Waals surface area (Å²) < 4.78 is 32.2. The Labute approximate surface area is 178 Å². The molecule has 0 atom stereocenters. The third-order valence-corrected chi connectivity index (χ3v) is 5.65. The molecule has 1 heterocycles. The second-order valence-electron chi connectivity index (χ2n) is 5.84. The van der Waals surface area contributed by atoms with Crippen LogP contribution in [0, 0.1) is 0 Å². The van der Waals surface area contributed by atoms with E-state index in [9.17, 15) is 13.2 Å². The Morgan fingerprint density at radius 1 is 1.03 bits per heavy atom. The average Bonchev–Trinajstić information content (AvgIpc) is 3.21. The van der Waals surface area contributed by atoms with Crippen LogP contribution in [0.15, 0.2) is 76.2 Å². The molecule has 10 heteroatoms. The first-order valence-electron chi connectivity index (χ1n) is 8.33. The highest BCUT2D eigenvalue weighted by Gasteiger charge is 2.14. The van der Waals surface area contributed by atoms with Gasteiger partial charge < -0.3 is 9.73 Å². The molecule has 7 nitrogen and oxygen atoms in total. The van der Waals surface area contributed by atoms with Crippen LogP contribution in [0.25, 0.3) is 0 Å². The molecule has 1 amide bonds. The highest BCUT2D eigenvalue weighted by atomic mass is 35.5. The lowest BCUT2D eigenvalue weighted by atomic mass is 10.2. The van der Waals surface area contributed by atoms with Gasteiger partial charge in [-0.2, -0.15) is 0 Å². The maximum atomic E-state index is 12.3. The van der Waals surface area contributed by atoms with E-state index in [1.54, 1.807) is 48.5 Å². The molecule has 0 spiro atoms. The maximum absolute atomic E-state index is 12.3. The zero-order valence-corrected chi connectivity index (χ0v) is 17.3. The topological polar surface area (TPSA) is 100 Å². The SMILES string of the molecule is O=C(NC(=S)Nc1ccc(S(=O)(=O)NCc2ccco2)cc1)c1ccc(Cl)cc1. The van der Waals surface area contributed by atoms with Crippen molar-refractivity contribution in [3.05, 3.63) is 83.3 Å². The molecule has 3 N–H and O–H groups in total. The molecule has 0 aliphatic rings. The summed E-state index contributed by atoms with van der Waals surface area (Å²) in [4.78, 5) is 12.2. The van der Waals surface area contributed by atoms with Crippen LogP contribution in [-0.2, 0) is 16.6 Å². The fraction of sp³-hybridized carbons (Fsp3) is 0.0526. The summed E-state index contributed by atoms with van der Waals surface area (Å²) in [6.45, 7) is 0.0517. The minimum atomic E-state index is -3.69. The Hall–Kier alpha value is -2.72. The van der Waals surface area contributed by atoms with Crippen molar-refractivity contribution < 1.29 is 17.6 Å². The van der Waals surface area contributed by atoms with E-state index < -0.39 is 10.0 Å². The molecule has 3 rings (SSSR count). The molecule has 2 aromatic carbocycles. The van der Waals surface area contributed by atoms with Gasteiger partial charge >= 0.3 is 0 Å². The maximum Gasteiger partial charge on any atom is 0.257 e. The van der Waals surface area contributed by atoms with E-state index in [0.29, 0.717) is 22.0 Å². The number of thiocarbonyl (C=S) groups is 1. The molecule has 0 aliphatic carbocycles. The van der Waals surface area contributed by atoms with Crippen LogP contribution in [-0.4, -0.2) is 19.4 Å². The fourth-order valence-corrected chi connectivity index (χ4v) is 3.65. The Morgan fingerprint density at radius 3 is 2.34 bits per heavy atom. The Morgan fingerprint density at radius 2 is 1.72 bits per heavy atom. The highest BCUT2D eigenvalue weighted by Crippen LogP contribution is 2.15. The minimum absolute atomic E-state index is 0.0517. The third-order valence-electron chi connectivity index (χ3n) is 3.77. The van der Waals surface area contributed by atoms with Crippen molar-refractivity contribution in [2.75, 3.05) is 5.32 Å². The van der Waals surface area contributed by atoms with Gasteiger partial charge in [-0.15, -0.1) is 0 Å². The lowest BCUT2D eigenvalue weighted by Gasteiger charge is -2.11. The summed E-state index contributed by atoms with van der Waals surface area (Å²) in [5.41, 5.74) is 0.930. The molecule has 150 valence electrons. The molecule has 1 aromatic heterocycles. The van der Waals surface area contributed by atoms with Crippen molar-refractivity contribution in [3.8, 4) is 0 Å². The van der Waals surface area contributed by atoms with Crippen LogP contribution in [0.3, 0.4) is 0 Å². The molecule has 3 aromatic rings. The summed E-state index contributed by atoms with van der Waals surface area (Å²) in [7, 11) is -3.69. The van der Waals surface area contributed by atoms with Gasteiger partial charge in [-0.1, -0.05) is 11.6 Å². The monoisotopic (exact) mass is 449 g/mol. The highest BCUT2D eigenvalue weighted by molar-refractivity contribution is 7.89. The number of amides is 1. The van der Waals surface area contributed by atoms with Gasteiger partial charge in [-0.3, -0.25) is 10.1 Å². The zero-order chi connectivity index (χ0) is 20.9. The predicted octanol–water partition coefficient (Wildman–Crippen LogP) is 3.54. The number of hydrogen-bond acceptors (Lipinski definition) is 5. The number of benzene rings is 2. The molecule has 0 saturated heterocycles. The second-order valence-corrected chi connectivity index (χ2v) is 8.46. The molecule has 0 fully saturated rings. The lowest BCUT2D eigenvalue weighted by Crippen LogP contribution is -2.34. The van der Waals surface area contributed by atoms with Crippen LogP contribution >= 0.6 is 23.8 Å². The van der Waals surface area contributed by atoms with Crippen molar-refractivity contribution >= 4 is 50.5 Å². The molecule has 0 bridgehead atoms. The number of carbonyl (C=O) groups excluding carboxylic acids is 1. The lowest BCUT2D eigenvalue weighted by molar-refractivity contribution is 0.0977. The van der Waals surface area contributed by atoms with Gasteiger partial charge in [0.1, 0.15) is 5.76 Å².